The third-order valence-electron chi connectivity index (χ3n) is 2.67. The Morgan fingerprint density at radius 2 is 2.05 bits per heavy atom. The molecule has 0 aliphatic heterocycles. The lowest BCUT2D eigenvalue weighted by Crippen LogP contribution is -2.04. The Kier molecular flexibility index (Phi) is 4.73. The summed E-state index contributed by atoms with van der Waals surface area (Å²) in [7, 11) is 1.53. The number of methoxy groups -OCH3 is 1. The minimum atomic E-state index is -0.108. The molecule has 6 nitrogen and oxygen atoms in total. The molecule has 106 valence electrons. The first-order chi connectivity index (χ1) is 9.80. The normalized spacial score (nSPS) is 10.2. The zero-order valence-corrected chi connectivity index (χ0v) is 11.5. The van der Waals surface area contributed by atoms with Crippen LogP contribution in [0.4, 0.5) is 5.82 Å². The molecule has 0 spiro atoms. The highest BCUT2D eigenvalue weighted by Gasteiger charge is 2.15. The number of para-hydroxylation sites is 1. The van der Waals surface area contributed by atoms with Crippen molar-refractivity contribution in [3.63, 3.8) is 0 Å². The molecule has 0 atom stereocenters. The molecule has 1 aromatic heterocycles. The molecular weight excluding hydrogens is 258 g/mol. The number of nitrogens with one attached hydrogen (secondary N) is 1. The Bertz CT molecular complexity index is 575. The van der Waals surface area contributed by atoms with E-state index in [0.29, 0.717) is 35.3 Å². The molecule has 6 heteroatoms. The first kappa shape index (κ1) is 14.1. The van der Waals surface area contributed by atoms with E-state index in [2.05, 4.69) is 15.3 Å². The fourth-order valence-electron chi connectivity index (χ4n) is 1.75. The molecule has 0 radical (unpaired) electrons. The molecule has 0 amide bonds. The largest absolute Gasteiger partial charge is 0.489 e. The molecule has 20 heavy (non-hydrogen) atoms. The van der Waals surface area contributed by atoms with E-state index >= 15 is 0 Å². The molecule has 0 aliphatic rings. The Balaban J connectivity index is 2.35. The third-order valence-corrected chi connectivity index (χ3v) is 2.67. The van der Waals surface area contributed by atoms with Gasteiger partial charge in [-0.3, -0.25) is 0 Å². The van der Waals surface area contributed by atoms with Crippen LogP contribution >= 0.6 is 0 Å². The van der Waals surface area contributed by atoms with Gasteiger partial charge in [0.2, 0.25) is 5.75 Å². The lowest BCUT2D eigenvalue weighted by Gasteiger charge is -2.13. The Morgan fingerprint density at radius 3 is 2.75 bits per heavy atom. The van der Waals surface area contributed by atoms with E-state index in [1.165, 1.54) is 13.4 Å². The maximum atomic E-state index is 9.31. The van der Waals surface area contributed by atoms with Crippen molar-refractivity contribution in [1.82, 2.24) is 9.97 Å². The molecule has 1 aromatic carbocycles. The molecule has 0 bridgehead atoms. The number of ether oxygens (including phenoxy) is 2. The van der Waals surface area contributed by atoms with Crippen LogP contribution in [0.1, 0.15) is 12.5 Å². The lowest BCUT2D eigenvalue weighted by atomic mass is 10.2. The van der Waals surface area contributed by atoms with Gasteiger partial charge in [0, 0.05) is 12.1 Å². The molecular formula is C14H17N3O3. The van der Waals surface area contributed by atoms with Crippen molar-refractivity contribution >= 4 is 5.82 Å². The monoisotopic (exact) mass is 275 g/mol. The predicted octanol–water partition coefficient (Wildman–Crippen LogP) is 2.20. The molecule has 0 saturated heterocycles. The number of aromatic nitrogens is 2. The fourth-order valence-corrected chi connectivity index (χ4v) is 1.75. The summed E-state index contributed by atoms with van der Waals surface area (Å²) in [5, 5.41) is 12.4. The second-order valence-electron chi connectivity index (χ2n) is 3.96. The van der Waals surface area contributed by atoms with Crippen LogP contribution in [0.15, 0.2) is 30.6 Å². The highest BCUT2D eigenvalue weighted by atomic mass is 16.5. The van der Waals surface area contributed by atoms with Crippen LogP contribution in [0.2, 0.25) is 0 Å². The van der Waals surface area contributed by atoms with Crippen molar-refractivity contribution in [2.45, 2.75) is 13.5 Å². The van der Waals surface area contributed by atoms with Crippen LogP contribution in [-0.2, 0) is 6.61 Å². The number of hydrogen-bond donors (Lipinski definition) is 2. The maximum absolute atomic E-state index is 9.31. The van der Waals surface area contributed by atoms with Gasteiger partial charge in [-0.05, 0) is 13.0 Å². The van der Waals surface area contributed by atoms with Crippen molar-refractivity contribution in [3.8, 4) is 17.4 Å². The summed E-state index contributed by atoms with van der Waals surface area (Å²) in [4.78, 5) is 8.19. The van der Waals surface area contributed by atoms with Gasteiger partial charge in [-0.25, -0.2) is 4.98 Å². The zero-order valence-electron chi connectivity index (χ0n) is 11.5. The summed E-state index contributed by atoms with van der Waals surface area (Å²) in [6.45, 7) is 2.56. The van der Waals surface area contributed by atoms with Crippen LogP contribution < -0.4 is 14.8 Å². The fraction of sp³-hybridized carbons (Fsp3) is 0.286. The van der Waals surface area contributed by atoms with Gasteiger partial charge in [0.15, 0.2) is 5.82 Å². The van der Waals surface area contributed by atoms with Gasteiger partial charge in [-0.2, -0.15) is 4.98 Å². The third kappa shape index (κ3) is 2.97. The van der Waals surface area contributed by atoms with Gasteiger partial charge in [0.1, 0.15) is 12.1 Å². The lowest BCUT2D eigenvalue weighted by molar-refractivity contribution is 0.275. The van der Waals surface area contributed by atoms with Crippen LogP contribution in [-0.4, -0.2) is 28.7 Å². The van der Waals surface area contributed by atoms with E-state index < -0.39 is 0 Å². The van der Waals surface area contributed by atoms with Gasteiger partial charge in [-0.1, -0.05) is 18.2 Å². The minimum absolute atomic E-state index is 0.108. The van der Waals surface area contributed by atoms with Crippen LogP contribution in [0.5, 0.6) is 17.4 Å². The highest BCUT2D eigenvalue weighted by Crippen LogP contribution is 2.35. The summed E-state index contributed by atoms with van der Waals surface area (Å²) in [6.07, 6.45) is 1.40. The maximum Gasteiger partial charge on any atom is 0.268 e. The summed E-state index contributed by atoms with van der Waals surface area (Å²) in [5.41, 5.74) is 0.679. The molecule has 2 aromatic rings. The van der Waals surface area contributed by atoms with E-state index in [0.717, 1.165) is 0 Å². The molecule has 2 rings (SSSR count). The van der Waals surface area contributed by atoms with Crippen LogP contribution in [0, 0.1) is 0 Å². The Morgan fingerprint density at radius 1 is 1.25 bits per heavy atom. The Labute approximate surface area is 117 Å². The standard InChI is InChI=1S/C14H17N3O3/c1-3-15-13-12(19-2)14(17-9-16-13)20-11-7-5-4-6-10(11)8-18/h4-7,9,18H,3,8H2,1-2H3,(H,15,16,17). The van der Waals surface area contributed by atoms with Crippen molar-refractivity contribution in [2.75, 3.05) is 19.0 Å². The van der Waals surface area contributed by atoms with Crippen molar-refractivity contribution in [1.29, 1.82) is 0 Å². The smallest absolute Gasteiger partial charge is 0.268 e. The van der Waals surface area contributed by atoms with Gasteiger partial charge in [-0.15, -0.1) is 0 Å². The number of rotatable bonds is 6. The second kappa shape index (κ2) is 6.72. The van der Waals surface area contributed by atoms with Gasteiger partial charge in [0.25, 0.3) is 5.88 Å². The first-order valence-corrected chi connectivity index (χ1v) is 6.29. The van der Waals surface area contributed by atoms with Crippen LogP contribution in [0.25, 0.3) is 0 Å². The summed E-state index contributed by atoms with van der Waals surface area (Å²) in [5.74, 6) is 1.84. The molecule has 1 heterocycles. The molecule has 0 aliphatic carbocycles. The summed E-state index contributed by atoms with van der Waals surface area (Å²) < 4.78 is 11.0. The van der Waals surface area contributed by atoms with E-state index in [9.17, 15) is 5.11 Å². The average molecular weight is 275 g/mol. The summed E-state index contributed by atoms with van der Waals surface area (Å²) in [6, 6.07) is 7.21. The Hall–Kier alpha value is -2.34. The number of hydrogen-bond acceptors (Lipinski definition) is 6. The summed E-state index contributed by atoms with van der Waals surface area (Å²) >= 11 is 0. The van der Waals surface area contributed by atoms with Crippen molar-refractivity contribution in [2.24, 2.45) is 0 Å². The molecule has 0 unspecified atom stereocenters. The quantitative estimate of drug-likeness (QED) is 0.841. The molecule has 2 N–H and O–H groups in total. The zero-order chi connectivity index (χ0) is 14.4. The topological polar surface area (TPSA) is 76.5 Å². The predicted molar refractivity (Wildman–Crippen MR) is 75.2 cm³/mol. The first-order valence-electron chi connectivity index (χ1n) is 6.29. The van der Waals surface area contributed by atoms with Crippen molar-refractivity contribution < 1.29 is 14.6 Å². The van der Waals surface area contributed by atoms with Crippen LogP contribution in [0.3, 0.4) is 0 Å². The van der Waals surface area contributed by atoms with E-state index in [4.69, 9.17) is 9.47 Å². The van der Waals surface area contributed by atoms with E-state index in [1.54, 1.807) is 12.1 Å². The van der Waals surface area contributed by atoms with E-state index in [1.807, 2.05) is 19.1 Å². The average Bonchev–Trinajstić information content (AvgIpc) is 2.48. The van der Waals surface area contributed by atoms with Gasteiger partial charge in [0.05, 0.1) is 13.7 Å². The minimum Gasteiger partial charge on any atom is -0.489 e. The number of aliphatic hydroxyl groups is 1. The van der Waals surface area contributed by atoms with Crippen molar-refractivity contribution in [3.05, 3.63) is 36.2 Å². The number of benzene rings is 1. The van der Waals surface area contributed by atoms with Gasteiger partial charge >= 0.3 is 0 Å². The second-order valence-corrected chi connectivity index (χ2v) is 3.96. The molecule has 0 saturated carbocycles. The highest BCUT2D eigenvalue weighted by molar-refractivity contribution is 5.56. The molecule has 0 fully saturated rings. The SMILES string of the molecule is CCNc1ncnc(Oc2ccccc2CO)c1OC. The van der Waals surface area contributed by atoms with Gasteiger partial charge < -0.3 is 19.9 Å². The number of anilines is 1. The number of aliphatic hydroxyl groups excluding tert-OH is 1. The van der Waals surface area contributed by atoms with E-state index in [-0.39, 0.29) is 6.61 Å². The number of nitrogens with zero attached hydrogens (tertiary/aromatic N) is 2.